The van der Waals surface area contributed by atoms with Crippen LogP contribution in [0.3, 0.4) is 0 Å². The second-order valence-electron chi connectivity index (χ2n) is 3.58. The van der Waals surface area contributed by atoms with E-state index in [0.29, 0.717) is 11.8 Å². The van der Waals surface area contributed by atoms with Crippen LogP contribution in [0.5, 0.6) is 0 Å². The molecule has 1 nitrogen and oxygen atoms in total. The lowest BCUT2D eigenvalue weighted by Crippen LogP contribution is -2.42. The van der Waals surface area contributed by atoms with E-state index < -0.39 is 23.3 Å². The summed E-state index contributed by atoms with van der Waals surface area (Å²) in [6, 6.07) is 4.34. The van der Waals surface area contributed by atoms with E-state index >= 15 is 0 Å². The van der Waals surface area contributed by atoms with Gasteiger partial charge in [-0.1, -0.05) is 19.1 Å². The van der Waals surface area contributed by atoms with Gasteiger partial charge in [-0.2, -0.15) is 13.2 Å². The Balaban J connectivity index is 2.91. The second-order valence-corrected chi connectivity index (χ2v) is 4.77. The highest BCUT2D eigenvalue weighted by Gasteiger charge is 2.43. The molecular formula is C11H13F4NS. The first-order valence-electron chi connectivity index (χ1n) is 5.09. The Hall–Kier alpha value is -0.750. The predicted molar refractivity (Wildman–Crippen MR) is 60.4 cm³/mol. The van der Waals surface area contributed by atoms with Crippen molar-refractivity contribution in [3.05, 3.63) is 30.1 Å². The Kier molecular flexibility index (Phi) is 4.82. The zero-order chi connectivity index (χ0) is 13.1. The minimum atomic E-state index is -4.44. The van der Waals surface area contributed by atoms with Gasteiger partial charge in [0.2, 0.25) is 0 Å². The third kappa shape index (κ3) is 3.89. The highest BCUT2D eigenvalue weighted by atomic mass is 32.2. The average molecular weight is 267 g/mol. The molecule has 0 fully saturated rings. The van der Waals surface area contributed by atoms with E-state index in [9.17, 15) is 17.6 Å². The summed E-state index contributed by atoms with van der Waals surface area (Å²) in [4.78, 5) is -0.0290. The lowest BCUT2D eigenvalue weighted by Gasteiger charge is -2.24. The Labute approximate surface area is 101 Å². The van der Waals surface area contributed by atoms with Gasteiger partial charge in [0.1, 0.15) is 11.1 Å². The largest absolute Gasteiger partial charge is 0.402 e. The number of benzene rings is 1. The van der Waals surface area contributed by atoms with E-state index in [2.05, 4.69) is 0 Å². The minimum absolute atomic E-state index is 0.0290. The van der Waals surface area contributed by atoms with Crippen molar-refractivity contribution in [3.63, 3.8) is 0 Å². The molecule has 0 aliphatic rings. The fourth-order valence-corrected chi connectivity index (χ4v) is 2.40. The normalized spacial score (nSPS) is 15.6. The minimum Gasteiger partial charge on any atom is -0.326 e. The molecule has 96 valence electrons. The van der Waals surface area contributed by atoms with Crippen molar-refractivity contribution >= 4 is 11.8 Å². The van der Waals surface area contributed by atoms with E-state index in [0.717, 1.165) is 6.07 Å². The molecule has 1 rings (SSSR count). The summed E-state index contributed by atoms with van der Waals surface area (Å²) in [5.74, 6) is -0.657. The van der Waals surface area contributed by atoms with E-state index in [-0.39, 0.29) is 11.3 Å². The van der Waals surface area contributed by atoms with Gasteiger partial charge in [0, 0.05) is 10.9 Å². The number of halogens is 4. The Bertz CT molecular complexity index is 367. The van der Waals surface area contributed by atoms with Crippen molar-refractivity contribution in [1.29, 1.82) is 0 Å². The van der Waals surface area contributed by atoms with Crippen molar-refractivity contribution in [2.24, 2.45) is 5.73 Å². The van der Waals surface area contributed by atoms with E-state index in [4.69, 9.17) is 5.73 Å². The lowest BCUT2D eigenvalue weighted by molar-refractivity contribution is -0.132. The Morgan fingerprint density at radius 3 is 2.35 bits per heavy atom. The van der Waals surface area contributed by atoms with E-state index in [1.807, 2.05) is 0 Å². The summed E-state index contributed by atoms with van der Waals surface area (Å²) in [6.07, 6.45) is -4.26. The van der Waals surface area contributed by atoms with Crippen molar-refractivity contribution in [3.8, 4) is 0 Å². The number of rotatable bonds is 4. The molecule has 0 saturated heterocycles. The van der Waals surface area contributed by atoms with Gasteiger partial charge in [-0.15, -0.1) is 11.8 Å². The number of hydrogen-bond acceptors (Lipinski definition) is 2. The van der Waals surface area contributed by atoms with Crippen molar-refractivity contribution in [2.75, 3.05) is 0 Å². The van der Waals surface area contributed by atoms with E-state index in [1.165, 1.54) is 18.2 Å². The molecule has 2 N–H and O–H groups in total. The van der Waals surface area contributed by atoms with Gasteiger partial charge >= 0.3 is 6.18 Å². The molecule has 0 aromatic heterocycles. The summed E-state index contributed by atoms with van der Waals surface area (Å²) >= 11 is 0.430. The molecule has 1 aromatic rings. The molecule has 0 heterocycles. The van der Waals surface area contributed by atoms with Crippen LogP contribution in [0, 0.1) is 5.82 Å². The third-order valence-corrected chi connectivity index (χ3v) is 3.73. The molecule has 0 aliphatic carbocycles. The second kappa shape index (κ2) is 5.73. The van der Waals surface area contributed by atoms with Crippen molar-refractivity contribution in [1.82, 2.24) is 0 Å². The molecule has 0 bridgehead atoms. The summed E-state index contributed by atoms with van der Waals surface area (Å²) < 4.78 is 51.5. The fourth-order valence-electron chi connectivity index (χ4n) is 1.29. The SMILES string of the molecule is CCC(N)C(Sc1ccccc1F)C(F)(F)F. The van der Waals surface area contributed by atoms with E-state index in [1.54, 1.807) is 6.92 Å². The molecule has 2 unspecified atom stereocenters. The van der Waals surface area contributed by atoms with Gasteiger partial charge in [-0.25, -0.2) is 4.39 Å². The Morgan fingerprint density at radius 2 is 1.88 bits per heavy atom. The molecule has 0 saturated carbocycles. The van der Waals surface area contributed by atoms with Crippen LogP contribution in [0.4, 0.5) is 17.6 Å². The highest BCUT2D eigenvalue weighted by molar-refractivity contribution is 8.00. The predicted octanol–water partition coefficient (Wildman–Crippen LogP) is 3.59. The number of hydrogen-bond donors (Lipinski definition) is 1. The maximum atomic E-state index is 13.3. The number of thioether (sulfide) groups is 1. The van der Waals surface area contributed by atoms with Gasteiger partial charge in [-0.3, -0.25) is 0 Å². The molecule has 0 aliphatic heterocycles. The van der Waals surface area contributed by atoms with Crippen LogP contribution < -0.4 is 5.73 Å². The fraction of sp³-hybridized carbons (Fsp3) is 0.455. The molecule has 0 spiro atoms. The molecule has 17 heavy (non-hydrogen) atoms. The number of alkyl halides is 3. The molecule has 2 atom stereocenters. The highest BCUT2D eigenvalue weighted by Crippen LogP contribution is 2.38. The summed E-state index contributed by atoms with van der Waals surface area (Å²) in [6.45, 7) is 1.57. The summed E-state index contributed by atoms with van der Waals surface area (Å²) in [5.41, 5.74) is 5.44. The average Bonchev–Trinajstić information content (AvgIpc) is 2.25. The molecular weight excluding hydrogens is 254 g/mol. The van der Waals surface area contributed by atoms with Gasteiger partial charge in [0.25, 0.3) is 0 Å². The quantitative estimate of drug-likeness (QED) is 0.666. The van der Waals surface area contributed by atoms with Crippen LogP contribution in [0.25, 0.3) is 0 Å². The maximum Gasteiger partial charge on any atom is 0.402 e. The van der Waals surface area contributed by atoms with Crippen LogP contribution in [0.1, 0.15) is 13.3 Å². The van der Waals surface area contributed by atoms with Gasteiger partial charge in [0.15, 0.2) is 0 Å². The smallest absolute Gasteiger partial charge is 0.326 e. The number of nitrogens with two attached hydrogens (primary N) is 1. The zero-order valence-electron chi connectivity index (χ0n) is 9.17. The first-order chi connectivity index (χ1) is 7.86. The van der Waals surface area contributed by atoms with Crippen molar-refractivity contribution in [2.45, 2.75) is 35.7 Å². The maximum absolute atomic E-state index is 13.3. The molecule has 0 radical (unpaired) electrons. The summed E-state index contributed by atoms with van der Waals surface area (Å²) in [7, 11) is 0. The van der Waals surface area contributed by atoms with Crippen LogP contribution in [0.15, 0.2) is 29.2 Å². The first kappa shape index (κ1) is 14.3. The van der Waals surface area contributed by atoms with Crippen LogP contribution in [-0.4, -0.2) is 17.5 Å². The Morgan fingerprint density at radius 1 is 1.29 bits per heavy atom. The lowest BCUT2D eigenvalue weighted by atomic mass is 10.1. The van der Waals surface area contributed by atoms with Crippen LogP contribution >= 0.6 is 11.8 Å². The van der Waals surface area contributed by atoms with Crippen molar-refractivity contribution < 1.29 is 17.6 Å². The van der Waals surface area contributed by atoms with Gasteiger partial charge < -0.3 is 5.73 Å². The summed E-state index contributed by atoms with van der Waals surface area (Å²) in [5, 5.41) is -1.79. The first-order valence-corrected chi connectivity index (χ1v) is 5.97. The third-order valence-electron chi connectivity index (χ3n) is 2.27. The zero-order valence-corrected chi connectivity index (χ0v) is 9.99. The van der Waals surface area contributed by atoms with Gasteiger partial charge in [-0.05, 0) is 18.6 Å². The standard InChI is InChI=1S/C11H13F4NS/c1-2-8(16)10(11(13,14)15)17-9-6-4-3-5-7(9)12/h3-6,8,10H,2,16H2,1H3. The monoisotopic (exact) mass is 267 g/mol. The topological polar surface area (TPSA) is 26.0 Å². The molecule has 1 aromatic carbocycles. The van der Waals surface area contributed by atoms with Crippen LogP contribution in [-0.2, 0) is 0 Å². The molecule has 0 amide bonds. The van der Waals surface area contributed by atoms with Gasteiger partial charge in [0.05, 0.1) is 0 Å². The van der Waals surface area contributed by atoms with Crippen LogP contribution in [0.2, 0.25) is 0 Å². The molecule has 6 heteroatoms.